The van der Waals surface area contributed by atoms with Crippen molar-refractivity contribution in [3.8, 4) is 0 Å². The summed E-state index contributed by atoms with van der Waals surface area (Å²) >= 11 is 0. The number of nitrogens with zero attached hydrogens (tertiary/aromatic N) is 4. The van der Waals surface area contributed by atoms with E-state index in [0.29, 0.717) is 0 Å². The number of ether oxygens (including phenoxy) is 1. The number of imidazole rings is 1. The van der Waals surface area contributed by atoms with Crippen molar-refractivity contribution in [2.24, 2.45) is 0 Å². The van der Waals surface area contributed by atoms with Crippen LogP contribution in [0.25, 0.3) is 11.2 Å². The molecule has 2 aromatic heterocycles. The number of aromatic nitrogens is 4. The maximum absolute atomic E-state index is 11.7. The summed E-state index contributed by atoms with van der Waals surface area (Å²) in [4.78, 5) is 55.2. The Kier molecular flexibility index (Phi) is 7.70. The zero-order chi connectivity index (χ0) is 24.6. The first-order chi connectivity index (χ1) is 15.2. The van der Waals surface area contributed by atoms with Crippen LogP contribution in [0.3, 0.4) is 0 Å². The van der Waals surface area contributed by atoms with E-state index in [2.05, 4.69) is 32.8 Å². The van der Waals surface area contributed by atoms with Crippen LogP contribution in [0, 0.1) is 0 Å². The van der Waals surface area contributed by atoms with Crippen LogP contribution in [0.4, 0.5) is 5.82 Å². The van der Waals surface area contributed by atoms with Crippen LogP contribution in [0.2, 0.25) is 0 Å². The quantitative estimate of drug-likeness (QED) is 0.193. The molecule has 0 amide bonds. The summed E-state index contributed by atoms with van der Waals surface area (Å²) in [5.41, 5.74) is 5.96. The highest BCUT2D eigenvalue weighted by atomic mass is 31.3. The molecule has 3 heterocycles. The molecule has 3 rings (SSSR count). The first-order valence-electron chi connectivity index (χ1n) is 8.43. The van der Waals surface area contributed by atoms with Gasteiger partial charge in [0.05, 0.1) is 20.8 Å². The summed E-state index contributed by atoms with van der Waals surface area (Å²) in [7, 11) is -17.0. The summed E-state index contributed by atoms with van der Waals surface area (Å²) < 4.78 is 55.2. The topological polar surface area (TPSA) is 300 Å². The minimum atomic E-state index is -5.74. The molecule has 1 aliphatic rings. The lowest BCUT2D eigenvalue weighted by Crippen LogP contribution is -2.34. The fourth-order valence-electron chi connectivity index (χ4n) is 2.64. The summed E-state index contributed by atoms with van der Waals surface area (Å²) in [5.74, 6) is 0.0269. The SMILES string of the molecule is Nc1ncnc2c1ncn2[C@@H]1O[C@H](COP(=O)([O-])OP(=O)([O-])OCOP(=O)([O-])[O-])[C@@H](O)[C@H]1O. The fourth-order valence-corrected chi connectivity index (χ4v) is 4.77. The van der Waals surface area contributed by atoms with Gasteiger partial charge in [-0.05, 0) is 0 Å². The van der Waals surface area contributed by atoms with E-state index in [1.807, 2.05) is 0 Å². The van der Waals surface area contributed by atoms with E-state index in [-0.39, 0.29) is 17.0 Å². The summed E-state index contributed by atoms with van der Waals surface area (Å²) in [6.07, 6.45) is -3.87. The largest absolute Gasteiger partial charge is 0.790 e. The predicted octanol–water partition coefficient (Wildman–Crippen LogP) is -4.18. The second kappa shape index (κ2) is 9.69. The number of fused-ring (bicyclic) bond motifs is 1. The number of hydrogen-bond donors (Lipinski definition) is 3. The van der Waals surface area contributed by atoms with Crippen molar-refractivity contribution >= 4 is 40.4 Å². The maximum atomic E-state index is 11.7. The average molecular weight is 533 g/mol. The van der Waals surface area contributed by atoms with Crippen LogP contribution in [-0.4, -0.2) is 61.4 Å². The number of hydrogen-bond acceptors (Lipinski definition) is 18. The Balaban J connectivity index is 1.61. The zero-order valence-electron chi connectivity index (χ0n) is 15.9. The van der Waals surface area contributed by atoms with Crippen molar-refractivity contribution in [1.29, 1.82) is 0 Å². The molecule has 0 saturated carbocycles. The summed E-state index contributed by atoms with van der Waals surface area (Å²) in [5, 5.41) is 20.4. The van der Waals surface area contributed by atoms with Gasteiger partial charge in [-0.3, -0.25) is 18.2 Å². The van der Waals surface area contributed by atoms with Crippen molar-refractivity contribution in [1.82, 2.24) is 19.5 Å². The molecule has 186 valence electrons. The number of aliphatic hydroxyl groups excluding tert-OH is 2. The van der Waals surface area contributed by atoms with Crippen LogP contribution in [-0.2, 0) is 36.3 Å². The summed E-state index contributed by atoms with van der Waals surface area (Å²) in [6, 6.07) is 0. The van der Waals surface area contributed by atoms with E-state index in [4.69, 9.17) is 10.5 Å². The molecule has 1 fully saturated rings. The Hall–Kier alpha value is -1.40. The maximum Gasteiger partial charge on any atom is 0.276 e. The van der Waals surface area contributed by atoms with Crippen molar-refractivity contribution in [2.45, 2.75) is 24.5 Å². The highest BCUT2D eigenvalue weighted by Crippen LogP contribution is 2.56. The number of phosphoric ester groups is 3. The Labute approximate surface area is 183 Å². The van der Waals surface area contributed by atoms with E-state index in [1.165, 1.54) is 10.9 Å². The predicted molar refractivity (Wildman–Crippen MR) is 92.6 cm³/mol. The smallest absolute Gasteiger partial charge is 0.276 e. The third-order valence-corrected chi connectivity index (χ3v) is 6.93. The lowest BCUT2D eigenvalue weighted by Gasteiger charge is -2.33. The van der Waals surface area contributed by atoms with Gasteiger partial charge in [0, 0.05) is 0 Å². The van der Waals surface area contributed by atoms with Crippen LogP contribution in [0.15, 0.2) is 12.7 Å². The normalized spacial score (nSPS) is 27.5. The molecule has 6 atom stereocenters. The first-order valence-corrected chi connectivity index (χ1v) is 12.8. The molecule has 0 spiro atoms. The Bertz CT molecular complexity index is 1140. The molecule has 0 aromatic carbocycles. The van der Waals surface area contributed by atoms with Crippen LogP contribution in [0.5, 0.6) is 0 Å². The standard InChI is InChI=1S/C11H18N5O14P3/c12-9-6-10(14-2-13-9)16(3-15-6)11-8(18)7(17)5(29-11)1-26-32(22,23)30-33(24,25)28-4-27-31(19,20)21/h2-3,5,7-8,11,17-18H,1,4H2,(H,22,23)(H,24,25)(H2,12,13,14)(H2,19,20,21)/p-4/t5-,7-,8-,11-/m1/s1. The third-order valence-electron chi connectivity index (χ3n) is 4.02. The van der Waals surface area contributed by atoms with Gasteiger partial charge in [-0.25, -0.2) is 19.3 Å². The number of nitrogens with two attached hydrogens (primary N) is 1. The van der Waals surface area contributed by atoms with Crippen molar-refractivity contribution in [3.05, 3.63) is 12.7 Å². The highest BCUT2D eigenvalue weighted by molar-refractivity contribution is 7.59. The van der Waals surface area contributed by atoms with Crippen molar-refractivity contribution in [2.75, 3.05) is 19.1 Å². The third kappa shape index (κ3) is 6.60. The molecular formula is C11H14N5O14P3-4. The Morgan fingerprint density at radius 1 is 1.03 bits per heavy atom. The van der Waals surface area contributed by atoms with Crippen LogP contribution >= 0.6 is 23.5 Å². The molecule has 0 aliphatic carbocycles. The number of aliphatic hydroxyl groups is 2. The minimum Gasteiger partial charge on any atom is -0.790 e. The second-order valence-corrected chi connectivity index (χ2v) is 10.3. The van der Waals surface area contributed by atoms with Gasteiger partial charge in [-0.2, -0.15) is 0 Å². The van der Waals surface area contributed by atoms with Gasteiger partial charge in [-0.15, -0.1) is 0 Å². The highest BCUT2D eigenvalue weighted by Gasteiger charge is 2.45. The monoisotopic (exact) mass is 533 g/mol. The molecule has 4 N–H and O–H groups in total. The van der Waals surface area contributed by atoms with E-state index < -0.39 is 61.4 Å². The van der Waals surface area contributed by atoms with E-state index >= 15 is 0 Å². The molecule has 1 aliphatic heterocycles. The lowest BCUT2D eigenvalue weighted by molar-refractivity contribution is -0.345. The van der Waals surface area contributed by atoms with Gasteiger partial charge in [0.25, 0.3) is 15.6 Å². The average Bonchev–Trinajstić information content (AvgIpc) is 3.21. The fraction of sp³-hybridized carbons (Fsp3) is 0.545. The minimum absolute atomic E-state index is 0.0269. The van der Waals surface area contributed by atoms with Crippen molar-refractivity contribution < 1.29 is 66.1 Å². The van der Waals surface area contributed by atoms with E-state index in [0.717, 1.165) is 6.33 Å². The molecule has 19 nitrogen and oxygen atoms in total. The second-order valence-electron chi connectivity index (χ2n) is 6.22. The molecule has 1 saturated heterocycles. The molecule has 33 heavy (non-hydrogen) atoms. The Morgan fingerprint density at radius 2 is 1.70 bits per heavy atom. The van der Waals surface area contributed by atoms with Crippen molar-refractivity contribution in [3.63, 3.8) is 0 Å². The number of rotatable bonds is 10. The lowest BCUT2D eigenvalue weighted by atomic mass is 10.1. The number of nitrogen functional groups attached to an aromatic ring is 1. The van der Waals surface area contributed by atoms with Gasteiger partial charge >= 0.3 is 0 Å². The molecular weight excluding hydrogens is 519 g/mol. The molecule has 2 unspecified atom stereocenters. The molecule has 22 heteroatoms. The van der Waals surface area contributed by atoms with Gasteiger partial charge in [0.1, 0.15) is 30.2 Å². The summed E-state index contributed by atoms with van der Waals surface area (Å²) in [6.45, 7) is -2.69. The van der Waals surface area contributed by atoms with E-state index in [9.17, 15) is 43.5 Å². The molecule has 2 aromatic rings. The van der Waals surface area contributed by atoms with Gasteiger partial charge in [-0.1, -0.05) is 0 Å². The van der Waals surface area contributed by atoms with Gasteiger partial charge in [0.15, 0.2) is 24.5 Å². The first kappa shape index (κ1) is 26.2. The number of anilines is 1. The molecule has 0 radical (unpaired) electrons. The van der Waals surface area contributed by atoms with Crippen LogP contribution in [0.1, 0.15) is 6.23 Å². The molecule has 0 bridgehead atoms. The Morgan fingerprint density at radius 3 is 2.36 bits per heavy atom. The number of phosphoric acid groups is 3. The van der Waals surface area contributed by atoms with E-state index in [1.54, 1.807) is 0 Å². The van der Waals surface area contributed by atoms with Crippen LogP contribution < -0.4 is 25.3 Å². The van der Waals surface area contributed by atoms with Gasteiger partial charge < -0.3 is 53.9 Å². The zero-order valence-corrected chi connectivity index (χ0v) is 18.6. The van der Waals surface area contributed by atoms with Gasteiger partial charge in [0.2, 0.25) is 0 Å².